The topological polar surface area (TPSA) is 41.1 Å². The number of carbonyl (C=O) groups excluding carboxylic acids is 1. The van der Waals surface area contributed by atoms with Gasteiger partial charge in [0.15, 0.2) is 0 Å². The number of hydrogen-bond acceptors (Lipinski definition) is 2. The van der Waals surface area contributed by atoms with Crippen LogP contribution >= 0.6 is 0 Å². The molecule has 2 aliphatic carbocycles. The summed E-state index contributed by atoms with van der Waals surface area (Å²) in [7, 11) is 0. The molecule has 1 heterocycles. The van der Waals surface area contributed by atoms with E-state index in [-0.39, 0.29) is 11.9 Å². The lowest BCUT2D eigenvalue weighted by molar-refractivity contribution is -0.122. The van der Waals surface area contributed by atoms with Gasteiger partial charge in [0.1, 0.15) is 6.04 Å². The molecular weight excluding hydrogens is 236 g/mol. The third-order valence-corrected chi connectivity index (χ3v) is 5.04. The van der Waals surface area contributed by atoms with Crippen LogP contribution in [-0.2, 0) is 11.2 Å². The molecule has 3 nitrogen and oxygen atoms in total. The van der Waals surface area contributed by atoms with Crippen LogP contribution < -0.4 is 10.6 Å². The molecule has 1 amide bonds. The van der Waals surface area contributed by atoms with Crippen molar-refractivity contribution < 1.29 is 4.79 Å². The van der Waals surface area contributed by atoms with Gasteiger partial charge in [0, 0.05) is 18.7 Å². The number of fused-ring (bicyclic) bond motifs is 1. The predicted molar refractivity (Wildman–Crippen MR) is 75.0 cm³/mol. The molecule has 0 unspecified atom stereocenters. The van der Waals surface area contributed by atoms with Gasteiger partial charge in [-0.25, -0.2) is 0 Å². The van der Waals surface area contributed by atoms with E-state index in [1.165, 1.54) is 31.2 Å². The highest BCUT2D eigenvalue weighted by Crippen LogP contribution is 2.60. The van der Waals surface area contributed by atoms with Crippen molar-refractivity contribution in [2.45, 2.75) is 38.1 Å². The van der Waals surface area contributed by atoms with E-state index in [1.807, 2.05) is 12.1 Å². The second-order valence-corrected chi connectivity index (χ2v) is 6.41. The minimum Gasteiger partial charge on any atom is -0.373 e. The van der Waals surface area contributed by atoms with Crippen LogP contribution in [0.2, 0.25) is 0 Å². The molecule has 3 heteroatoms. The molecule has 0 spiro atoms. The highest BCUT2D eigenvalue weighted by atomic mass is 16.2. The van der Waals surface area contributed by atoms with Crippen LogP contribution in [0.5, 0.6) is 0 Å². The van der Waals surface area contributed by atoms with E-state index in [0.717, 1.165) is 24.6 Å². The molecule has 2 saturated carbocycles. The summed E-state index contributed by atoms with van der Waals surface area (Å²) in [6, 6.07) is 8.12. The van der Waals surface area contributed by atoms with Gasteiger partial charge < -0.3 is 10.6 Å². The number of rotatable bonds is 4. The Kier molecular flexibility index (Phi) is 2.38. The maximum absolute atomic E-state index is 12.3. The molecule has 0 aromatic heterocycles. The number of para-hydroxylation sites is 1. The molecule has 0 radical (unpaired) electrons. The average Bonchev–Trinajstić information content (AvgIpc) is 3.32. The van der Waals surface area contributed by atoms with Gasteiger partial charge in [-0.3, -0.25) is 4.79 Å². The Morgan fingerprint density at radius 1 is 1.32 bits per heavy atom. The van der Waals surface area contributed by atoms with E-state index < -0.39 is 0 Å². The first-order valence-corrected chi connectivity index (χ1v) is 7.39. The van der Waals surface area contributed by atoms with Gasteiger partial charge in [-0.1, -0.05) is 18.2 Å². The second kappa shape index (κ2) is 3.99. The molecule has 2 N–H and O–H groups in total. The highest BCUT2D eigenvalue weighted by molar-refractivity contribution is 5.87. The smallest absolute Gasteiger partial charge is 0.242 e. The van der Waals surface area contributed by atoms with Crippen molar-refractivity contribution in [2.24, 2.45) is 11.3 Å². The van der Waals surface area contributed by atoms with Gasteiger partial charge in [0.2, 0.25) is 5.91 Å². The minimum absolute atomic E-state index is 0.0765. The van der Waals surface area contributed by atoms with Crippen LogP contribution in [0.4, 0.5) is 5.69 Å². The summed E-state index contributed by atoms with van der Waals surface area (Å²) >= 11 is 0. The second-order valence-electron chi connectivity index (χ2n) is 6.41. The quantitative estimate of drug-likeness (QED) is 0.868. The van der Waals surface area contributed by atoms with Gasteiger partial charge in [-0.15, -0.1) is 0 Å². The maximum Gasteiger partial charge on any atom is 0.242 e. The van der Waals surface area contributed by atoms with E-state index in [4.69, 9.17) is 0 Å². The molecule has 4 rings (SSSR count). The first-order valence-electron chi connectivity index (χ1n) is 7.39. The monoisotopic (exact) mass is 256 g/mol. The zero-order valence-corrected chi connectivity index (χ0v) is 11.1. The SMILES string of the molecule is O=C(NCC1(C2CC2)CC1)[C@@H]1Cc2ccccc2N1. The van der Waals surface area contributed by atoms with Crippen molar-refractivity contribution in [3.05, 3.63) is 29.8 Å². The number of carbonyl (C=O) groups is 1. The molecular formula is C16H20N2O. The normalized spacial score (nSPS) is 26.4. The van der Waals surface area contributed by atoms with Crippen LogP contribution in [0.3, 0.4) is 0 Å². The van der Waals surface area contributed by atoms with E-state index in [1.54, 1.807) is 0 Å². The summed E-state index contributed by atoms with van der Waals surface area (Å²) in [6.07, 6.45) is 6.21. The highest BCUT2D eigenvalue weighted by Gasteiger charge is 2.53. The number of amides is 1. The molecule has 1 atom stereocenters. The van der Waals surface area contributed by atoms with Crippen LogP contribution in [0, 0.1) is 11.3 Å². The van der Waals surface area contributed by atoms with Crippen molar-refractivity contribution in [3.63, 3.8) is 0 Å². The molecule has 1 aliphatic heterocycles. The van der Waals surface area contributed by atoms with Crippen LogP contribution in [0.15, 0.2) is 24.3 Å². The van der Waals surface area contributed by atoms with E-state index in [9.17, 15) is 4.79 Å². The van der Waals surface area contributed by atoms with Crippen LogP contribution in [-0.4, -0.2) is 18.5 Å². The summed E-state index contributed by atoms with van der Waals surface area (Å²) < 4.78 is 0. The number of benzene rings is 1. The van der Waals surface area contributed by atoms with Crippen molar-refractivity contribution in [1.29, 1.82) is 0 Å². The third kappa shape index (κ3) is 2.01. The standard InChI is InChI=1S/C16H20N2O/c19-15(17-10-16(7-8-16)12-5-6-12)14-9-11-3-1-2-4-13(11)18-14/h1-4,12,14,18H,5-10H2,(H,17,19)/t14-/m0/s1. The average molecular weight is 256 g/mol. The minimum atomic E-state index is -0.0765. The summed E-state index contributed by atoms with van der Waals surface area (Å²) in [4.78, 5) is 12.3. The van der Waals surface area contributed by atoms with Crippen molar-refractivity contribution >= 4 is 11.6 Å². The third-order valence-electron chi connectivity index (χ3n) is 5.04. The Balaban J connectivity index is 1.35. The molecule has 0 saturated heterocycles. The number of anilines is 1. The largest absolute Gasteiger partial charge is 0.373 e. The van der Waals surface area contributed by atoms with Gasteiger partial charge in [-0.2, -0.15) is 0 Å². The van der Waals surface area contributed by atoms with Crippen molar-refractivity contribution in [1.82, 2.24) is 5.32 Å². The molecule has 1 aromatic rings. The van der Waals surface area contributed by atoms with Crippen LogP contribution in [0.1, 0.15) is 31.2 Å². The summed E-state index contributed by atoms with van der Waals surface area (Å²) in [5, 5.41) is 6.51. The molecule has 1 aromatic carbocycles. The van der Waals surface area contributed by atoms with Gasteiger partial charge in [0.05, 0.1) is 0 Å². The summed E-state index contributed by atoms with van der Waals surface area (Å²) in [6.45, 7) is 0.894. The van der Waals surface area contributed by atoms with Gasteiger partial charge in [-0.05, 0) is 48.6 Å². The zero-order chi connectivity index (χ0) is 12.9. The lowest BCUT2D eigenvalue weighted by Gasteiger charge is -2.17. The molecule has 19 heavy (non-hydrogen) atoms. The Hall–Kier alpha value is -1.51. The Morgan fingerprint density at radius 2 is 2.11 bits per heavy atom. The first-order chi connectivity index (χ1) is 9.27. The predicted octanol–water partition coefficient (Wildman–Crippen LogP) is 2.33. The van der Waals surface area contributed by atoms with E-state index in [2.05, 4.69) is 22.8 Å². The number of nitrogens with one attached hydrogen (secondary N) is 2. The van der Waals surface area contributed by atoms with Gasteiger partial charge in [0.25, 0.3) is 0 Å². The molecule has 0 bridgehead atoms. The molecule has 100 valence electrons. The molecule has 3 aliphatic rings. The fourth-order valence-corrected chi connectivity index (χ4v) is 3.43. The zero-order valence-electron chi connectivity index (χ0n) is 11.1. The maximum atomic E-state index is 12.3. The van der Waals surface area contributed by atoms with Crippen LogP contribution in [0.25, 0.3) is 0 Å². The van der Waals surface area contributed by atoms with E-state index in [0.29, 0.717) is 5.41 Å². The fraction of sp³-hybridized carbons (Fsp3) is 0.562. The molecule has 2 fully saturated rings. The first kappa shape index (κ1) is 11.3. The fourth-order valence-electron chi connectivity index (χ4n) is 3.43. The Bertz CT molecular complexity index is 492. The summed E-state index contributed by atoms with van der Waals surface area (Å²) in [5.41, 5.74) is 2.86. The van der Waals surface area contributed by atoms with E-state index >= 15 is 0 Å². The Labute approximate surface area is 113 Å². The number of hydrogen-bond donors (Lipinski definition) is 2. The van der Waals surface area contributed by atoms with Gasteiger partial charge >= 0.3 is 0 Å². The van der Waals surface area contributed by atoms with Crippen molar-refractivity contribution in [3.8, 4) is 0 Å². The lowest BCUT2D eigenvalue weighted by Crippen LogP contribution is -2.41. The lowest BCUT2D eigenvalue weighted by atomic mass is 10.0. The van der Waals surface area contributed by atoms with Crippen molar-refractivity contribution in [2.75, 3.05) is 11.9 Å². The Morgan fingerprint density at radius 3 is 2.79 bits per heavy atom. The summed E-state index contributed by atoms with van der Waals surface area (Å²) in [5.74, 6) is 1.07.